The zero-order valence-corrected chi connectivity index (χ0v) is 37.7. The van der Waals surface area contributed by atoms with Crippen LogP contribution in [-0.2, 0) is 72.2 Å². The number of para-hydroxylation sites is 1. The number of aromatic nitrogens is 1. The van der Waals surface area contributed by atoms with Crippen molar-refractivity contribution in [3.8, 4) is 0 Å². The van der Waals surface area contributed by atoms with Crippen molar-refractivity contribution < 1.29 is 84.4 Å². The molecule has 22 nitrogen and oxygen atoms in total. The molecule has 0 unspecified atom stereocenters. The molecule has 378 valence electrons. The number of H-pyrrole nitrogens is 1. The Labute approximate surface area is 401 Å². The van der Waals surface area contributed by atoms with Gasteiger partial charge in [-0.1, -0.05) is 41.9 Å². The first-order chi connectivity index (χ1) is 33.2. The van der Waals surface area contributed by atoms with Crippen molar-refractivity contribution in [1.29, 1.82) is 0 Å². The Bertz CT molecular complexity index is 2800. The van der Waals surface area contributed by atoms with Gasteiger partial charge in [-0.3, -0.25) is 43.2 Å². The van der Waals surface area contributed by atoms with Crippen molar-refractivity contribution in [3.05, 3.63) is 95.4 Å². The van der Waals surface area contributed by atoms with Crippen LogP contribution in [0.1, 0.15) is 48.8 Å². The van der Waals surface area contributed by atoms with Crippen molar-refractivity contribution in [2.24, 2.45) is 5.73 Å². The third-order valence-electron chi connectivity index (χ3n) is 10.4. The summed E-state index contributed by atoms with van der Waals surface area (Å²) in [6.07, 6.45) is -8.27. The largest absolute Gasteiger partial charge is 0.481 e. The number of carboxylic acids is 3. The lowest BCUT2D eigenvalue weighted by atomic mass is 9.90. The molecule has 5 atom stereocenters. The van der Waals surface area contributed by atoms with Gasteiger partial charge < -0.3 is 52.6 Å². The minimum absolute atomic E-state index is 0.127. The number of rotatable bonds is 26. The number of primary amides is 1. The molecule has 28 heteroatoms. The molecule has 71 heavy (non-hydrogen) atoms. The molecule has 0 bridgehead atoms. The molecule has 3 aromatic carbocycles. The van der Waals surface area contributed by atoms with E-state index in [1.54, 1.807) is 29.0 Å². The molecule has 4 rings (SSSR count). The summed E-state index contributed by atoms with van der Waals surface area (Å²) in [6.45, 7) is -1.04. The summed E-state index contributed by atoms with van der Waals surface area (Å²) in [7, 11) is 0.191. The number of carbonyl (C=O) groups is 9. The molecule has 0 saturated carbocycles. The first-order valence-corrected chi connectivity index (χ1v) is 22.4. The first-order valence-electron chi connectivity index (χ1n) is 20.9. The van der Waals surface area contributed by atoms with Crippen LogP contribution in [0.25, 0.3) is 10.9 Å². The number of nitrogens with two attached hydrogens (primary N) is 1. The monoisotopic (exact) mass is 1020 g/mol. The van der Waals surface area contributed by atoms with Gasteiger partial charge in [0.05, 0.1) is 17.9 Å². The highest BCUT2D eigenvalue weighted by molar-refractivity contribution is 7.89. The van der Waals surface area contributed by atoms with Gasteiger partial charge in [0.1, 0.15) is 43.9 Å². The Morgan fingerprint density at radius 2 is 1.28 bits per heavy atom. The van der Waals surface area contributed by atoms with E-state index in [0.29, 0.717) is 28.6 Å². The van der Waals surface area contributed by atoms with Crippen molar-refractivity contribution in [1.82, 2.24) is 36.3 Å². The number of fused-ring (bicyclic) bond motifs is 1. The van der Waals surface area contributed by atoms with Crippen LogP contribution in [0.3, 0.4) is 0 Å². The average molecular weight is 1020 g/mol. The molecule has 6 amide bonds. The van der Waals surface area contributed by atoms with E-state index in [4.69, 9.17) is 18.7 Å². The van der Waals surface area contributed by atoms with Gasteiger partial charge in [0.2, 0.25) is 45.5 Å². The first kappa shape index (κ1) is 55.7. The highest BCUT2D eigenvalue weighted by atomic mass is 32.2. The zero-order valence-electron chi connectivity index (χ0n) is 36.9. The number of aromatic amines is 1. The number of amides is 6. The van der Waals surface area contributed by atoms with Gasteiger partial charge in [0.25, 0.3) is 0 Å². The van der Waals surface area contributed by atoms with Crippen LogP contribution in [0.2, 0.25) is 0 Å². The minimum Gasteiger partial charge on any atom is -0.481 e. The van der Waals surface area contributed by atoms with Crippen molar-refractivity contribution in [2.75, 3.05) is 6.54 Å². The fraction of sp³-hybridized carbons (Fsp3) is 0.326. The Balaban J connectivity index is 1.57. The Kier molecular flexibility index (Phi) is 19.3. The predicted octanol–water partition coefficient (Wildman–Crippen LogP) is -1.00. The topological polar surface area (TPSA) is 362 Å². The highest BCUT2D eigenvalue weighted by Gasteiger charge is 2.36. The van der Waals surface area contributed by atoms with Crippen LogP contribution in [0.4, 0.5) is 17.6 Å². The summed E-state index contributed by atoms with van der Waals surface area (Å²) in [4.78, 5) is 117. The number of hydrogen-bond donors (Lipinski definition) is 11. The Morgan fingerprint density at radius 3 is 1.89 bits per heavy atom. The Hall–Kier alpha value is -7.88. The molecule has 4 aromatic rings. The van der Waals surface area contributed by atoms with E-state index in [2.05, 4.69) is 26.3 Å². The van der Waals surface area contributed by atoms with Crippen LogP contribution in [0.15, 0.2) is 77.8 Å². The quantitative estimate of drug-likeness (QED) is 0.0266. The van der Waals surface area contributed by atoms with Gasteiger partial charge in [-0.25, -0.2) is 12.8 Å². The molecule has 2 radical (unpaired) electrons. The maximum atomic E-state index is 14.3. The van der Waals surface area contributed by atoms with E-state index >= 15 is 0 Å². The molecule has 0 aliphatic rings. The summed E-state index contributed by atoms with van der Waals surface area (Å²) in [5, 5.41) is 39.8. The third kappa shape index (κ3) is 16.9. The van der Waals surface area contributed by atoms with Gasteiger partial charge in [-0.2, -0.15) is 17.9 Å². The molecule has 12 N–H and O–H groups in total. The molecule has 0 fully saturated rings. The molecular formula is C43H45BF4N8O14S. The second-order valence-electron chi connectivity index (χ2n) is 15.7. The summed E-state index contributed by atoms with van der Waals surface area (Å²) in [5.74, 6) is -12.6. The molecule has 0 saturated heterocycles. The van der Waals surface area contributed by atoms with Crippen LogP contribution >= 0.6 is 0 Å². The maximum absolute atomic E-state index is 14.3. The minimum atomic E-state index is -5.14. The fourth-order valence-corrected chi connectivity index (χ4v) is 8.07. The molecule has 0 spiro atoms. The van der Waals surface area contributed by atoms with Crippen LogP contribution in [0.5, 0.6) is 0 Å². The van der Waals surface area contributed by atoms with Crippen molar-refractivity contribution in [2.45, 2.75) is 86.2 Å². The number of carbonyl (C=O) groups excluding carboxylic acids is 6. The number of alkyl halides is 3. The van der Waals surface area contributed by atoms with E-state index in [0.717, 1.165) is 12.1 Å². The second kappa shape index (κ2) is 24.6. The van der Waals surface area contributed by atoms with E-state index in [-0.39, 0.29) is 18.1 Å². The van der Waals surface area contributed by atoms with E-state index < -0.39 is 167 Å². The number of aliphatic carboxylic acids is 3. The highest BCUT2D eigenvalue weighted by Crippen LogP contribution is 2.29. The Morgan fingerprint density at radius 1 is 0.690 bits per heavy atom. The summed E-state index contributed by atoms with van der Waals surface area (Å²) < 4.78 is 82.7. The van der Waals surface area contributed by atoms with E-state index in [1.807, 2.05) is 5.32 Å². The zero-order chi connectivity index (χ0) is 52.8. The molecule has 1 aromatic heterocycles. The van der Waals surface area contributed by atoms with Gasteiger partial charge >= 0.3 is 24.1 Å². The van der Waals surface area contributed by atoms with Gasteiger partial charge in [0.15, 0.2) is 0 Å². The van der Waals surface area contributed by atoms with Gasteiger partial charge in [-0.05, 0) is 54.3 Å². The summed E-state index contributed by atoms with van der Waals surface area (Å²) >= 11 is 0. The van der Waals surface area contributed by atoms with Crippen molar-refractivity contribution >= 4 is 87.6 Å². The second-order valence-corrected chi connectivity index (χ2v) is 17.4. The number of benzene rings is 3. The number of halogens is 4. The smallest absolute Gasteiger partial charge is 0.415 e. The lowest BCUT2D eigenvalue weighted by Gasteiger charge is -2.25. The van der Waals surface area contributed by atoms with Crippen LogP contribution in [-0.4, -0.2) is 127 Å². The number of carboxylic acid groups (broad SMARTS) is 3. The lowest BCUT2D eigenvalue weighted by Crippen LogP contribution is -2.58. The maximum Gasteiger partial charge on any atom is 0.415 e. The molecular weight excluding hydrogens is 971 g/mol. The van der Waals surface area contributed by atoms with Gasteiger partial charge in [0, 0.05) is 48.3 Å². The summed E-state index contributed by atoms with van der Waals surface area (Å²) in [6, 6.07) is 3.95. The number of hydrogen-bond acceptors (Lipinski definition) is 11. The van der Waals surface area contributed by atoms with Crippen LogP contribution in [0, 0.1) is 5.82 Å². The molecule has 0 aliphatic heterocycles. The van der Waals surface area contributed by atoms with Gasteiger partial charge in [-0.15, -0.1) is 0 Å². The summed E-state index contributed by atoms with van der Waals surface area (Å²) in [5.41, 5.74) is 4.24. The van der Waals surface area contributed by atoms with Crippen LogP contribution < -0.4 is 42.5 Å². The van der Waals surface area contributed by atoms with E-state index in [9.17, 15) is 79.3 Å². The number of sulfonamides is 1. The molecule has 0 aliphatic carbocycles. The predicted molar refractivity (Wildman–Crippen MR) is 239 cm³/mol. The van der Waals surface area contributed by atoms with E-state index in [1.165, 1.54) is 18.3 Å². The standard InChI is InChI=1S/C43H45BF4N8O14S/c44-27-9-8-24(17-26(27)43(46,47)48)71(69,70)56-33(18-37(62)63)42(68)54-30(11-13-36(60)61)39(65)51-20-34(57)52-31(15-21-4-3-5-23(45)14-21)40(66)55-32(16-22-19-50-28-7-2-1-6-25(22)28)41(67)53-29(38(49)64)10-12-35(58)59/h1-9,14,17,19,29-33,50,56H,10-13,15-16,18,20H2,(H2,49,64)(H,51,65)(H,52,57)(H,53,67)(H,54,68)(H,55,66)(H,58,59)(H,60,61)(H,62,63)/t29-,30-,31-,32-,33+/m0/s1. The average Bonchev–Trinajstić information content (AvgIpc) is 3.69. The van der Waals surface area contributed by atoms with Crippen molar-refractivity contribution in [3.63, 3.8) is 0 Å². The molecule has 1 heterocycles. The fourth-order valence-electron chi connectivity index (χ4n) is 6.85. The SMILES string of the molecule is [B]c1ccc(S(=O)(=O)N[C@H](CC(=O)O)C(=O)N[C@@H](CCC(=O)O)C(=O)NCC(=O)N[C@@H](Cc2cccc(F)c2)C(=O)N[C@@H](Cc2c[nH]c3ccccc23)C(=O)N[C@@H](CCC(=O)O)C(N)=O)cc1C(F)(F)F. The normalized spacial score (nSPS) is 13.6. The lowest BCUT2D eigenvalue weighted by molar-refractivity contribution is -0.140. The number of nitrogens with one attached hydrogen (secondary N) is 7. The third-order valence-corrected chi connectivity index (χ3v) is 11.8.